The minimum Gasteiger partial charge on any atom is -0.465 e. The van der Waals surface area contributed by atoms with E-state index in [9.17, 15) is 4.79 Å². The molecule has 6 heteroatoms. The molecule has 1 aromatic rings. The molecule has 3 atom stereocenters. The van der Waals surface area contributed by atoms with Gasteiger partial charge < -0.3 is 18.8 Å². The van der Waals surface area contributed by atoms with E-state index in [4.69, 9.17) is 13.9 Å². The van der Waals surface area contributed by atoms with Gasteiger partial charge in [-0.3, -0.25) is 4.79 Å². The van der Waals surface area contributed by atoms with Crippen molar-refractivity contribution in [3.8, 4) is 0 Å². The number of benzene rings is 1. The highest BCUT2D eigenvalue weighted by Crippen LogP contribution is 2.55. The Morgan fingerprint density at radius 1 is 1.26 bits per heavy atom. The largest absolute Gasteiger partial charge is 0.465 e. The molecule has 0 bridgehead atoms. The number of rotatable bonds is 10. The summed E-state index contributed by atoms with van der Waals surface area (Å²) in [5, 5.41) is 0.100. The van der Waals surface area contributed by atoms with E-state index in [0.717, 1.165) is 25.7 Å². The third-order valence-corrected chi connectivity index (χ3v) is 12.2. The number of esters is 1. The van der Waals surface area contributed by atoms with Gasteiger partial charge in [0.15, 0.2) is 14.5 Å². The van der Waals surface area contributed by atoms with E-state index in [0.29, 0.717) is 19.8 Å². The molecule has 3 rings (SSSR count). The highest BCUT2D eigenvalue weighted by molar-refractivity contribution is 6.74. The number of fused-ring (bicyclic) bond motifs is 3. The van der Waals surface area contributed by atoms with Gasteiger partial charge >= 0.3 is 5.97 Å². The number of carbonyl (C=O) groups excluding carboxylic acids is 1. The number of para-hydroxylation sites is 1. The third kappa shape index (κ3) is 5.44. The van der Waals surface area contributed by atoms with Gasteiger partial charge in [-0.1, -0.05) is 77.8 Å². The Morgan fingerprint density at radius 2 is 1.97 bits per heavy atom. The van der Waals surface area contributed by atoms with Crippen molar-refractivity contribution in [2.75, 3.05) is 24.7 Å². The van der Waals surface area contributed by atoms with Gasteiger partial charge in [-0.2, -0.15) is 0 Å². The molecule has 2 aliphatic heterocycles. The van der Waals surface area contributed by atoms with E-state index in [2.05, 4.69) is 89.0 Å². The number of ether oxygens (including phenoxy) is 2. The third-order valence-electron chi connectivity index (χ3n) is 7.73. The van der Waals surface area contributed by atoms with Crippen LogP contribution in [-0.4, -0.2) is 40.3 Å². The average molecular weight is 488 g/mol. The van der Waals surface area contributed by atoms with Crippen LogP contribution in [0.5, 0.6) is 0 Å². The molecule has 0 spiro atoms. The predicted molar refractivity (Wildman–Crippen MR) is 142 cm³/mol. The van der Waals surface area contributed by atoms with Gasteiger partial charge in [0.1, 0.15) is 12.2 Å². The summed E-state index contributed by atoms with van der Waals surface area (Å²) in [4.78, 5) is 14.1. The van der Waals surface area contributed by atoms with E-state index < -0.39 is 13.9 Å². The highest BCUT2D eigenvalue weighted by atomic mass is 28.4. The number of nitrogens with zero attached hydrogens (tertiary/aromatic N) is 1. The smallest absolute Gasteiger partial charge is 0.302 e. The molecule has 0 aliphatic carbocycles. The summed E-state index contributed by atoms with van der Waals surface area (Å²) in [6.07, 6.45) is 8.49. The van der Waals surface area contributed by atoms with E-state index in [1.165, 1.54) is 18.2 Å². The first kappa shape index (κ1) is 27.0. The lowest BCUT2D eigenvalue weighted by Crippen LogP contribution is -2.54. The van der Waals surface area contributed by atoms with Crippen LogP contribution in [0.2, 0.25) is 18.1 Å². The van der Waals surface area contributed by atoms with Crippen molar-refractivity contribution in [2.24, 2.45) is 5.41 Å². The molecule has 0 radical (unpaired) electrons. The monoisotopic (exact) mass is 487 g/mol. The normalized spacial score (nSPS) is 24.2. The summed E-state index contributed by atoms with van der Waals surface area (Å²) in [6.45, 7) is 19.1. The Kier molecular flexibility index (Phi) is 8.05. The minimum atomic E-state index is -2.07. The summed E-state index contributed by atoms with van der Waals surface area (Å²) in [5.41, 5.74) is 1.59. The minimum absolute atomic E-state index is 0.100. The number of allylic oxidation sites excluding steroid dienone is 1. The molecule has 0 unspecified atom stereocenters. The Balaban J connectivity index is 1.98. The molecule has 0 aromatic heterocycles. The second-order valence-electron chi connectivity index (χ2n) is 11.8. The predicted octanol–water partition coefficient (Wildman–Crippen LogP) is 6.79. The molecule has 2 heterocycles. The van der Waals surface area contributed by atoms with Crippen molar-refractivity contribution in [3.05, 3.63) is 42.0 Å². The van der Waals surface area contributed by atoms with Crippen LogP contribution in [0.25, 0.3) is 0 Å². The Labute approximate surface area is 208 Å². The van der Waals surface area contributed by atoms with E-state index in [1.807, 2.05) is 0 Å². The van der Waals surface area contributed by atoms with Crippen LogP contribution >= 0.6 is 0 Å². The van der Waals surface area contributed by atoms with Crippen LogP contribution in [0.3, 0.4) is 0 Å². The molecule has 34 heavy (non-hydrogen) atoms. The molecule has 0 N–H and O–H groups in total. The zero-order valence-corrected chi connectivity index (χ0v) is 23.6. The summed E-state index contributed by atoms with van der Waals surface area (Å²) in [6, 6.07) is 8.59. The van der Waals surface area contributed by atoms with Crippen LogP contribution < -0.4 is 4.90 Å². The molecule has 0 saturated carbocycles. The summed E-state index contributed by atoms with van der Waals surface area (Å²) in [5.74, 6) is -0.247. The lowest BCUT2D eigenvalue weighted by molar-refractivity contribution is -0.143. The molecular weight excluding hydrogens is 442 g/mol. The quantitative estimate of drug-likeness (QED) is 0.157. The summed E-state index contributed by atoms with van der Waals surface area (Å²) in [7, 11) is -2.07. The lowest BCUT2D eigenvalue weighted by Gasteiger charge is -2.45. The van der Waals surface area contributed by atoms with Crippen molar-refractivity contribution in [3.63, 3.8) is 0 Å². The summed E-state index contributed by atoms with van der Waals surface area (Å²) >= 11 is 0. The second kappa shape index (κ2) is 10.2. The number of anilines is 1. The molecule has 0 amide bonds. The zero-order valence-electron chi connectivity index (χ0n) is 22.6. The van der Waals surface area contributed by atoms with Gasteiger partial charge in [-0.15, -0.1) is 0 Å². The van der Waals surface area contributed by atoms with Gasteiger partial charge in [0.25, 0.3) is 0 Å². The fourth-order valence-corrected chi connectivity index (χ4v) is 6.35. The molecule has 2 aliphatic rings. The fraction of sp³-hybridized carbons (Fsp3) is 0.679. The summed E-state index contributed by atoms with van der Waals surface area (Å²) < 4.78 is 19.2. The topological polar surface area (TPSA) is 48.0 Å². The molecule has 5 nitrogen and oxygen atoms in total. The molecular formula is C28H45NO4Si. The second-order valence-corrected chi connectivity index (χ2v) is 16.6. The lowest BCUT2D eigenvalue weighted by atomic mass is 9.89. The van der Waals surface area contributed by atoms with E-state index in [-0.39, 0.29) is 22.7 Å². The fourth-order valence-electron chi connectivity index (χ4n) is 4.82. The number of unbranched alkanes of at least 4 members (excludes halogenated alkanes) is 2. The standard InChI is InChI=1S/C28H45NO4Si/c1-9-10-11-14-17-27(6,21-32-22(2)30)20-29-24-16-13-12-15-23(24)28(18-19-31-25(28)29)33-34(7,8)26(3,4)5/h12-17,25H,9-11,18-21H2,1-8H3/b17-14+/t25-,27+,28+/m0/s1. The van der Waals surface area contributed by atoms with Crippen molar-refractivity contribution in [2.45, 2.75) is 97.2 Å². The number of hydrogen-bond acceptors (Lipinski definition) is 5. The van der Waals surface area contributed by atoms with Gasteiger partial charge in [0, 0.05) is 36.6 Å². The first-order valence-electron chi connectivity index (χ1n) is 12.8. The van der Waals surface area contributed by atoms with Gasteiger partial charge in [0.2, 0.25) is 0 Å². The van der Waals surface area contributed by atoms with Crippen LogP contribution in [0.15, 0.2) is 36.4 Å². The Bertz CT molecular complexity index is 893. The van der Waals surface area contributed by atoms with Crippen molar-refractivity contribution < 1.29 is 18.7 Å². The average Bonchev–Trinajstić information content (AvgIpc) is 3.26. The Hall–Kier alpha value is -1.63. The van der Waals surface area contributed by atoms with Crippen LogP contribution in [0.1, 0.15) is 72.8 Å². The van der Waals surface area contributed by atoms with Crippen molar-refractivity contribution in [1.29, 1.82) is 0 Å². The SMILES string of the molecule is CCCC/C=C/[C@@](C)(COC(C)=O)CN1c2ccccc2[C@]2(O[Si](C)(C)C(C)(C)C)CCO[C@H]12. The van der Waals surface area contributed by atoms with Crippen LogP contribution in [0.4, 0.5) is 5.69 Å². The van der Waals surface area contributed by atoms with E-state index >= 15 is 0 Å². The number of hydrogen-bond donors (Lipinski definition) is 0. The van der Waals surface area contributed by atoms with Gasteiger partial charge in [-0.05, 0) is 30.6 Å². The maximum absolute atomic E-state index is 11.7. The molecule has 1 saturated heterocycles. The number of carbonyl (C=O) groups is 1. The van der Waals surface area contributed by atoms with Crippen LogP contribution in [-0.2, 0) is 24.3 Å². The first-order chi connectivity index (χ1) is 15.9. The maximum Gasteiger partial charge on any atom is 0.302 e. The van der Waals surface area contributed by atoms with Crippen molar-refractivity contribution >= 4 is 20.0 Å². The van der Waals surface area contributed by atoms with Crippen molar-refractivity contribution in [1.82, 2.24) is 0 Å². The zero-order chi connectivity index (χ0) is 25.2. The molecule has 190 valence electrons. The molecule has 1 fully saturated rings. The maximum atomic E-state index is 11.7. The highest BCUT2D eigenvalue weighted by Gasteiger charge is 2.60. The van der Waals surface area contributed by atoms with E-state index in [1.54, 1.807) is 0 Å². The Morgan fingerprint density at radius 3 is 2.62 bits per heavy atom. The van der Waals surface area contributed by atoms with Gasteiger partial charge in [-0.25, -0.2) is 0 Å². The molecule has 1 aromatic carbocycles. The van der Waals surface area contributed by atoms with Gasteiger partial charge in [0.05, 0.1) is 6.61 Å². The van der Waals surface area contributed by atoms with Crippen LogP contribution in [0, 0.1) is 5.41 Å². The first-order valence-corrected chi connectivity index (χ1v) is 15.7.